The Hall–Kier alpha value is -3.12. The van der Waals surface area contributed by atoms with Gasteiger partial charge in [0, 0.05) is 11.1 Å². The molecule has 190 valence electrons. The van der Waals surface area contributed by atoms with E-state index in [1.54, 1.807) is 31.2 Å². The third kappa shape index (κ3) is 5.65. The molecule has 0 aliphatic heterocycles. The Balaban J connectivity index is 1.37. The first-order chi connectivity index (χ1) is 17.4. The van der Waals surface area contributed by atoms with Gasteiger partial charge in [-0.3, -0.25) is 0 Å². The number of rotatable bonds is 8. The maximum Gasteiger partial charge on any atom is 0.200 e. The average molecular weight is 499 g/mol. The van der Waals surface area contributed by atoms with Crippen LogP contribution in [0.2, 0.25) is 0 Å². The molecule has 0 aromatic heterocycles. The van der Waals surface area contributed by atoms with Gasteiger partial charge >= 0.3 is 0 Å². The van der Waals surface area contributed by atoms with E-state index < -0.39 is 23.3 Å². The number of halogens is 4. The van der Waals surface area contributed by atoms with Gasteiger partial charge in [-0.25, -0.2) is 13.2 Å². The molecule has 0 spiro atoms. The van der Waals surface area contributed by atoms with Crippen molar-refractivity contribution >= 4 is 6.08 Å². The molecular formula is C30H30F4O2. The molecule has 6 heteroatoms. The second kappa shape index (κ2) is 11.7. The van der Waals surface area contributed by atoms with Crippen molar-refractivity contribution in [3.05, 3.63) is 94.6 Å². The zero-order chi connectivity index (χ0) is 25.7. The van der Waals surface area contributed by atoms with Crippen molar-refractivity contribution in [1.82, 2.24) is 0 Å². The number of hydrogen-bond acceptors (Lipinski definition) is 2. The predicted molar refractivity (Wildman–Crippen MR) is 134 cm³/mol. The average Bonchev–Trinajstić information content (AvgIpc) is 2.89. The zero-order valence-corrected chi connectivity index (χ0v) is 20.5. The monoisotopic (exact) mass is 498 g/mol. The maximum atomic E-state index is 15.1. The van der Waals surface area contributed by atoms with Gasteiger partial charge in [-0.15, -0.1) is 0 Å². The summed E-state index contributed by atoms with van der Waals surface area (Å²) in [7, 11) is 0. The molecule has 1 aliphatic carbocycles. The Morgan fingerprint density at radius 1 is 0.806 bits per heavy atom. The van der Waals surface area contributed by atoms with Crippen molar-refractivity contribution in [2.75, 3.05) is 6.61 Å². The second-order valence-corrected chi connectivity index (χ2v) is 9.02. The summed E-state index contributed by atoms with van der Waals surface area (Å²) in [5, 5.41) is 0. The van der Waals surface area contributed by atoms with Crippen LogP contribution >= 0.6 is 0 Å². The van der Waals surface area contributed by atoms with Crippen LogP contribution in [0, 0.1) is 23.3 Å². The summed E-state index contributed by atoms with van der Waals surface area (Å²) in [6.07, 6.45) is 6.20. The number of ether oxygens (including phenoxy) is 2. The van der Waals surface area contributed by atoms with Crippen LogP contribution in [0.1, 0.15) is 62.1 Å². The topological polar surface area (TPSA) is 18.5 Å². The van der Waals surface area contributed by atoms with Crippen LogP contribution in [0.25, 0.3) is 17.2 Å². The quantitative estimate of drug-likeness (QED) is 0.290. The van der Waals surface area contributed by atoms with E-state index in [0.717, 1.165) is 5.56 Å². The normalized spacial score (nSPS) is 18.1. The van der Waals surface area contributed by atoms with Crippen LogP contribution in [0.5, 0.6) is 5.75 Å². The van der Waals surface area contributed by atoms with Crippen LogP contribution in [-0.4, -0.2) is 12.7 Å². The number of allylic oxidation sites excluding steroid dienone is 1. The molecule has 0 unspecified atom stereocenters. The molecule has 1 saturated carbocycles. The summed E-state index contributed by atoms with van der Waals surface area (Å²) >= 11 is 0. The molecular weight excluding hydrogens is 468 g/mol. The Morgan fingerprint density at radius 2 is 1.53 bits per heavy atom. The minimum atomic E-state index is -1.02. The molecule has 0 amide bonds. The summed E-state index contributed by atoms with van der Waals surface area (Å²) in [5.74, 6) is -3.87. The smallest absolute Gasteiger partial charge is 0.200 e. The lowest BCUT2D eigenvalue weighted by molar-refractivity contribution is 0.0116. The van der Waals surface area contributed by atoms with Crippen LogP contribution in [0.4, 0.5) is 17.6 Å². The van der Waals surface area contributed by atoms with Gasteiger partial charge in [0.1, 0.15) is 0 Å². The standard InChI is InChI=1S/C30H30F4O2/c1-3-5-19-6-8-20(9-7-19)24-15-16-25(29(33)28(24)32)21-10-13-23(14-11-21)36-18-22-12-17-26(35-4-2)30(34)27(22)31/h3,5-9,12,15-17,21,23H,4,10-11,13-14,18H2,1-2H3. The fraction of sp³-hybridized carbons (Fsp3) is 0.333. The Labute approximate surface area is 209 Å². The molecule has 3 aromatic rings. The molecule has 3 aromatic carbocycles. The summed E-state index contributed by atoms with van der Waals surface area (Å²) < 4.78 is 69.3. The van der Waals surface area contributed by atoms with E-state index in [4.69, 9.17) is 9.47 Å². The van der Waals surface area contributed by atoms with E-state index in [9.17, 15) is 13.2 Å². The molecule has 0 saturated heterocycles. The van der Waals surface area contributed by atoms with Crippen LogP contribution in [0.3, 0.4) is 0 Å². The predicted octanol–water partition coefficient (Wildman–Crippen LogP) is 8.58. The SMILES string of the molecule is CC=Cc1ccc(-c2ccc(C3CCC(OCc4ccc(OCC)c(F)c4F)CC3)c(F)c2F)cc1. The lowest BCUT2D eigenvalue weighted by Crippen LogP contribution is -2.21. The van der Waals surface area contributed by atoms with E-state index >= 15 is 4.39 Å². The molecule has 0 bridgehead atoms. The van der Waals surface area contributed by atoms with E-state index in [1.807, 2.05) is 31.2 Å². The van der Waals surface area contributed by atoms with Crippen molar-refractivity contribution in [3.63, 3.8) is 0 Å². The highest BCUT2D eigenvalue weighted by molar-refractivity contribution is 5.67. The molecule has 0 radical (unpaired) electrons. The summed E-state index contributed by atoms with van der Waals surface area (Å²) in [6.45, 7) is 3.80. The number of benzene rings is 3. The van der Waals surface area contributed by atoms with Crippen LogP contribution in [-0.2, 0) is 11.3 Å². The third-order valence-electron chi connectivity index (χ3n) is 6.71. The van der Waals surface area contributed by atoms with Crippen molar-refractivity contribution in [3.8, 4) is 16.9 Å². The fourth-order valence-electron chi connectivity index (χ4n) is 4.77. The molecule has 0 heterocycles. The Morgan fingerprint density at radius 3 is 2.19 bits per heavy atom. The van der Waals surface area contributed by atoms with E-state index in [0.29, 0.717) is 36.8 Å². The summed E-state index contributed by atoms with van der Waals surface area (Å²) in [6, 6.07) is 13.5. The van der Waals surface area contributed by atoms with Crippen molar-refractivity contribution in [1.29, 1.82) is 0 Å². The highest BCUT2D eigenvalue weighted by atomic mass is 19.2. The first-order valence-corrected chi connectivity index (χ1v) is 12.3. The summed E-state index contributed by atoms with van der Waals surface area (Å²) in [5.41, 5.74) is 2.36. The molecule has 2 nitrogen and oxygen atoms in total. The van der Waals surface area contributed by atoms with Gasteiger partial charge in [0.05, 0.1) is 19.3 Å². The minimum Gasteiger partial charge on any atom is -0.491 e. The van der Waals surface area contributed by atoms with Gasteiger partial charge in [-0.05, 0) is 74.3 Å². The van der Waals surface area contributed by atoms with Gasteiger partial charge in [-0.1, -0.05) is 48.6 Å². The van der Waals surface area contributed by atoms with Crippen molar-refractivity contribution in [2.24, 2.45) is 0 Å². The maximum absolute atomic E-state index is 15.1. The Bertz CT molecular complexity index is 1210. The third-order valence-corrected chi connectivity index (χ3v) is 6.71. The van der Waals surface area contributed by atoms with Gasteiger partial charge in [-0.2, -0.15) is 4.39 Å². The lowest BCUT2D eigenvalue weighted by atomic mass is 9.82. The van der Waals surface area contributed by atoms with E-state index in [1.165, 1.54) is 12.1 Å². The zero-order valence-electron chi connectivity index (χ0n) is 20.5. The van der Waals surface area contributed by atoms with Gasteiger partial charge in [0.2, 0.25) is 5.82 Å². The fourth-order valence-corrected chi connectivity index (χ4v) is 4.77. The van der Waals surface area contributed by atoms with Gasteiger partial charge in [0.15, 0.2) is 23.2 Å². The molecule has 0 atom stereocenters. The largest absolute Gasteiger partial charge is 0.491 e. The molecule has 0 N–H and O–H groups in total. The van der Waals surface area contributed by atoms with Crippen LogP contribution < -0.4 is 4.74 Å². The first kappa shape index (κ1) is 26.0. The first-order valence-electron chi connectivity index (χ1n) is 12.3. The number of hydrogen-bond donors (Lipinski definition) is 0. The minimum absolute atomic E-state index is 0.0605. The molecule has 1 fully saturated rings. The molecule has 4 rings (SSSR count). The van der Waals surface area contributed by atoms with Crippen LogP contribution in [0.15, 0.2) is 54.6 Å². The summed E-state index contributed by atoms with van der Waals surface area (Å²) in [4.78, 5) is 0. The van der Waals surface area contributed by atoms with E-state index in [-0.39, 0.29) is 42.1 Å². The molecule has 36 heavy (non-hydrogen) atoms. The highest BCUT2D eigenvalue weighted by Gasteiger charge is 2.27. The second-order valence-electron chi connectivity index (χ2n) is 9.02. The van der Waals surface area contributed by atoms with Crippen molar-refractivity contribution in [2.45, 2.75) is 58.2 Å². The Kier molecular flexibility index (Phi) is 8.47. The van der Waals surface area contributed by atoms with Gasteiger partial charge < -0.3 is 9.47 Å². The van der Waals surface area contributed by atoms with E-state index in [2.05, 4.69) is 0 Å². The molecule has 1 aliphatic rings. The van der Waals surface area contributed by atoms with Crippen molar-refractivity contribution < 1.29 is 27.0 Å². The highest BCUT2D eigenvalue weighted by Crippen LogP contribution is 2.38. The van der Waals surface area contributed by atoms with Gasteiger partial charge in [0.25, 0.3) is 0 Å². The lowest BCUT2D eigenvalue weighted by Gasteiger charge is -2.29.